The van der Waals surface area contributed by atoms with Crippen LogP contribution < -0.4 is 10.7 Å². The zero-order valence-electron chi connectivity index (χ0n) is 9.43. The predicted molar refractivity (Wildman–Crippen MR) is 59.9 cm³/mol. The van der Waals surface area contributed by atoms with Crippen LogP contribution in [0.4, 0.5) is 0 Å². The molecule has 0 atom stereocenters. The monoisotopic (exact) mass is 235 g/mol. The molecular formula is C10H13N5O2. The van der Waals surface area contributed by atoms with Gasteiger partial charge >= 0.3 is 0 Å². The zero-order valence-corrected chi connectivity index (χ0v) is 9.43. The number of nitrogens with zero attached hydrogens (tertiary/aromatic N) is 3. The van der Waals surface area contributed by atoms with Gasteiger partial charge in [0.05, 0.1) is 6.20 Å². The summed E-state index contributed by atoms with van der Waals surface area (Å²) in [4.78, 5) is 22.5. The summed E-state index contributed by atoms with van der Waals surface area (Å²) in [5, 5.41) is 10.4. The highest BCUT2D eigenvalue weighted by Gasteiger charge is 2.17. The number of amides is 2. The number of aromatic nitrogens is 2. The lowest BCUT2D eigenvalue weighted by Gasteiger charge is -2.11. The van der Waals surface area contributed by atoms with Crippen LogP contribution in [0.1, 0.15) is 18.4 Å². The Morgan fingerprint density at radius 1 is 1.59 bits per heavy atom. The second-order valence-corrected chi connectivity index (χ2v) is 3.80. The quantitative estimate of drug-likeness (QED) is 0.726. The number of hydrazone groups is 1. The Morgan fingerprint density at radius 3 is 3.00 bits per heavy atom. The van der Waals surface area contributed by atoms with Gasteiger partial charge in [-0.3, -0.25) is 14.3 Å². The molecule has 0 fully saturated rings. The van der Waals surface area contributed by atoms with E-state index in [2.05, 4.69) is 20.9 Å². The SMILES string of the molecule is Cn1cc(CNC(=O)C2=NNC(=O)CC2)cn1. The molecule has 1 aliphatic rings. The lowest BCUT2D eigenvalue weighted by molar-refractivity contribution is -0.121. The van der Waals surface area contributed by atoms with E-state index in [1.165, 1.54) is 0 Å². The van der Waals surface area contributed by atoms with Crippen LogP contribution in [-0.4, -0.2) is 27.3 Å². The van der Waals surface area contributed by atoms with Gasteiger partial charge in [0.25, 0.3) is 5.91 Å². The van der Waals surface area contributed by atoms with Crippen molar-refractivity contribution in [3.63, 3.8) is 0 Å². The van der Waals surface area contributed by atoms with Crippen LogP contribution in [0.15, 0.2) is 17.5 Å². The third kappa shape index (κ3) is 2.90. The van der Waals surface area contributed by atoms with E-state index in [0.717, 1.165) is 5.56 Å². The molecule has 0 spiro atoms. The molecule has 2 N–H and O–H groups in total. The highest BCUT2D eigenvalue weighted by molar-refractivity contribution is 6.39. The van der Waals surface area contributed by atoms with Crippen molar-refractivity contribution >= 4 is 17.5 Å². The van der Waals surface area contributed by atoms with Crippen molar-refractivity contribution in [3.8, 4) is 0 Å². The van der Waals surface area contributed by atoms with Crippen molar-refractivity contribution in [1.29, 1.82) is 0 Å². The molecule has 7 nitrogen and oxygen atoms in total. The lowest BCUT2D eigenvalue weighted by atomic mass is 10.1. The molecule has 0 saturated heterocycles. The van der Waals surface area contributed by atoms with Gasteiger partial charge in [-0.05, 0) is 0 Å². The Kier molecular flexibility index (Phi) is 3.17. The fraction of sp³-hybridized carbons (Fsp3) is 0.400. The molecule has 1 aliphatic heterocycles. The third-order valence-electron chi connectivity index (χ3n) is 2.38. The van der Waals surface area contributed by atoms with Crippen molar-refractivity contribution < 1.29 is 9.59 Å². The Morgan fingerprint density at radius 2 is 2.41 bits per heavy atom. The summed E-state index contributed by atoms with van der Waals surface area (Å²) in [5.41, 5.74) is 3.56. The smallest absolute Gasteiger partial charge is 0.267 e. The highest BCUT2D eigenvalue weighted by atomic mass is 16.2. The van der Waals surface area contributed by atoms with E-state index in [4.69, 9.17) is 0 Å². The molecule has 0 aliphatic carbocycles. The van der Waals surface area contributed by atoms with Gasteiger partial charge in [0.2, 0.25) is 5.91 Å². The topological polar surface area (TPSA) is 88.4 Å². The third-order valence-corrected chi connectivity index (χ3v) is 2.38. The second kappa shape index (κ2) is 4.77. The van der Waals surface area contributed by atoms with E-state index in [1.54, 1.807) is 10.9 Å². The van der Waals surface area contributed by atoms with Gasteiger partial charge in [-0.1, -0.05) is 0 Å². The van der Waals surface area contributed by atoms with Crippen LogP contribution >= 0.6 is 0 Å². The van der Waals surface area contributed by atoms with Crippen molar-refractivity contribution in [2.45, 2.75) is 19.4 Å². The summed E-state index contributed by atoms with van der Waals surface area (Å²) in [6.45, 7) is 0.402. The maximum absolute atomic E-state index is 11.7. The average Bonchev–Trinajstić information content (AvgIpc) is 2.73. The highest BCUT2D eigenvalue weighted by Crippen LogP contribution is 2.00. The number of rotatable bonds is 3. The molecule has 17 heavy (non-hydrogen) atoms. The summed E-state index contributed by atoms with van der Waals surface area (Å²) in [5.74, 6) is -0.414. The van der Waals surface area contributed by atoms with Gasteiger partial charge in [0, 0.05) is 38.2 Å². The molecule has 2 heterocycles. The molecule has 0 bridgehead atoms. The van der Waals surface area contributed by atoms with Gasteiger partial charge in [0.15, 0.2) is 0 Å². The molecule has 0 aromatic carbocycles. The number of hydrogen-bond donors (Lipinski definition) is 2. The Balaban J connectivity index is 1.87. The number of nitrogens with one attached hydrogen (secondary N) is 2. The second-order valence-electron chi connectivity index (χ2n) is 3.80. The van der Waals surface area contributed by atoms with Gasteiger partial charge in [0.1, 0.15) is 5.71 Å². The first-order chi connectivity index (χ1) is 8.15. The average molecular weight is 235 g/mol. The normalized spacial score (nSPS) is 15.1. The minimum Gasteiger partial charge on any atom is -0.347 e. The molecule has 90 valence electrons. The number of hydrogen-bond acceptors (Lipinski definition) is 4. The Bertz CT molecular complexity index is 477. The number of carbonyl (C=O) groups excluding carboxylic acids is 2. The van der Waals surface area contributed by atoms with Gasteiger partial charge in [-0.2, -0.15) is 10.2 Å². The number of carbonyl (C=O) groups is 2. The largest absolute Gasteiger partial charge is 0.347 e. The van der Waals surface area contributed by atoms with Crippen LogP contribution in [0.2, 0.25) is 0 Å². The zero-order chi connectivity index (χ0) is 12.3. The van der Waals surface area contributed by atoms with Crippen molar-refractivity contribution in [2.24, 2.45) is 12.1 Å². The molecule has 0 radical (unpaired) electrons. The van der Waals surface area contributed by atoms with Crippen LogP contribution in [0.5, 0.6) is 0 Å². The van der Waals surface area contributed by atoms with Gasteiger partial charge < -0.3 is 5.32 Å². The lowest BCUT2D eigenvalue weighted by Crippen LogP contribution is -2.36. The van der Waals surface area contributed by atoms with Gasteiger partial charge in [-0.15, -0.1) is 0 Å². The molecule has 7 heteroatoms. The van der Waals surface area contributed by atoms with Crippen LogP contribution in [0.3, 0.4) is 0 Å². The molecule has 2 amide bonds. The molecule has 1 aromatic heterocycles. The number of aryl methyl sites for hydroxylation is 1. The first kappa shape index (κ1) is 11.3. The van der Waals surface area contributed by atoms with E-state index >= 15 is 0 Å². The molecular weight excluding hydrogens is 222 g/mol. The van der Waals surface area contributed by atoms with Crippen LogP contribution in [0, 0.1) is 0 Å². The van der Waals surface area contributed by atoms with E-state index < -0.39 is 0 Å². The summed E-state index contributed by atoms with van der Waals surface area (Å²) in [6, 6.07) is 0. The Labute approximate surface area is 97.9 Å². The van der Waals surface area contributed by atoms with E-state index in [-0.39, 0.29) is 11.8 Å². The Hall–Kier alpha value is -2.18. The van der Waals surface area contributed by atoms with E-state index in [1.807, 2.05) is 13.2 Å². The molecule has 0 unspecified atom stereocenters. The molecule has 0 saturated carbocycles. The maximum Gasteiger partial charge on any atom is 0.267 e. The summed E-state index contributed by atoms with van der Waals surface area (Å²) in [7, 11) is 1.81. The van der Waals surface area contributed by atoms with Gasteiger partial charge in [-0.25, -0.2) is 5.43 Å². The molecule has 1 aromatic rings. The summed E-state index contributed by atoms with van der Waals surface area (Å²) in [6.07, 6.45) is 4.19. The van der Waals surface area contributed by atoms with Crippen LogP contribution in [0.25, 0.3) is 0 Å². The first-order valence-electron chi connectivity index (χ1n) is 5.26. The fourth-order valence-corrected chi connectivity index (χ4v) is 1.49. The summed E-state index contributed by atoms with van der Waals surface area (Å²) >= 11 is 0. The molecule has 2 rings (SSSR count). The first-order valence-corrected chi connectivity index (χ1v) is 5.26. The van der Waals surface area contributed by atoms with Crippen LogP contribution in [-0.2, 0) is 23.2 Å². The predicted octanol–water partition coefficient (Wildman–Crippen LogP) is -0.698. The standard InChI is InChI=1S/C10H13N5O2/c1-15-6-7(5-12-15)4-11-10(17)8-2-3-9(16)14-13-8/h5-6H,2-4H2,1H3,(H,11,17)(H,14,16). The van der Waals surface area contributed by atoms with Crippen molar-refractivity contribution in [3.05, 3.63) is 18.0 Å². The van der Waals surface area contributed by atoms with Crippen molar-refractivity contribution in [1.82, 2.24) is 20.5 Å². The minimum absolute atomic E-state index is 0.159. The van der Waals surface area contributed by atoms with Crippen molar-refractivity contribution in [2.75, 3.05) is 0 Å². The summed E-state index contributed by atoms with van der Waals surface area (Å²) < 4.78 is 1.67. The fourth-order valence-electron chi connectivity index (χ4n) is 1.49. The van der Waals surface area contributed by atoms with E-state index in [9.17, 15) is 9.59 Å². The maximum atomic E-state index is 11.7. The van der Waals surface area contributed by atoms with E-state index in [0.29, 0.717) is 25.1 Å². The minimum atomic E-state index is -0.256.